The summed E-state index contributed by atoms with van der Waals surface area (Å²) in [6.45, 7) is 6.89. The highest BCUT2D eigenvalue weighted by atomic mass is 32.2. The van der Waals surface area contributed by atoms with Gasteiger partial charge in [-0.3, -0.25) is 0 Å². The lowest BCUT2D eigenvalue weighted by molar-refractivity contribution is 0.587. The lowest BCUT2D eigenvalue weighted by atomic mass is 10.1. The highest BCUT2D eigenvalue weighted by Crippen LogP contribution is 2.39. The van der Waals surface area contributed by atoms with Crippen LogP contribution in [0.25, 0.3) is 0 Å². The molecule has 1 aliphatic heterocycles. The van der Waals surface area contributed by atoms with Gasteiger partial charge >= 0.3 is 0 Å². The number of rotatable bonds is 1. The molecule has 0 saturated carbocycles. The van der Waals surface area contributed by atoms with E-state index in [1.165, 1.54) is 6.42 Å². The Morgan fingerprint density at radius 3 is 2.30 bits per heavy atom. The van der Waals surface area contributed by atoms with Crippen molar-refractivity contribution < 1.29 is 0 Å². The van der Waals surface area contributed by atoms with Crippen LogP contribution in [0.2, 0.25) is 0 Å². The Bertz CT molecular complexity index is 102. The average Bonchev–Trinajstić information content (AvgIpc) is 2.13. The molecule has 10 heavy (non-hydrogen) atoms. The van der Waals surface area contributed by atoms with Crippen LogP contribution in [0, 0.1) is 5.92 Å². The van der Waals surface area contributed by atoms with Crippen molar-refractivity contribution in [2.75, 3.05) is 0 Å². The topological polar surface area (TPSA) is 0 Å². The molecule has 2 heteroatoms. The molecule has 0 nitrogen and oxygen atoms in total. The number of hydrogen-bond donors (Lipinski definition) is 1. The van der Waals surface area contributed by atoms with Crippen LogP contribution < -0.4 is 0 Å². The van der Waals surface area contributed by atoms with E-state index in [9.17, 15) is 0 Å². The summed E-state index contributed by atoms with van der Waals surface area (Å²) >= 11 is 6.63. The fourth-order valence-corrected chi connectivity index (χ4v) is 3.34. The molecule has 0 N–H and O–H groups in total. The van der Waals surface area contributed by atoms with Gasteiger partial charge in [-0.2, -0.15) is 24.4 Å². The molecule has 1 rings (SSSR count). The Hall–Kier alpha value is 0.700. The number of hydrogen-bond acceptors (Lipinski definition) is 2. The van der Waals surface area contributed by atoms with Gasteiger partial charge < -0.3 is 0 Å². The molecule has 60 valence electrons. The SMILES string of the molecule is CC(C)C1CC(S)C(C)S1. The zero-order valence-electron chi connectivity index (χ0n) is 6.87. The summed E-state index contributed by atoms with van der Waals surface area (Å²) in [6, 6.07) is 0. The van der Waals surface area contributed by atoms with Crippen molar-refractivity contribution >= 4 is 24.4 Å². The van der Waals surface area contributed by atoms with Gasteiger partial charge in [-0.15, -0.1) is 0 Å². The highest BCUT2D eigenvalue weighted by molar-refractivity contribution is 8.01. The first kappa shape index (κ1) is 8.79. The third-order valence-corrected chi connectivity index (χ3v) is 4.85. The van der Waals surface area contributed by atoms with Crippen molar-refractivity contribution in [3.8, 4) is 0 Å². The Morgan fingerprint density at radius 1 is 1.50 bits per heavy atom. The molecule has 1 heterocycles. The van der Waals surface area contributed by atoms with E-state index in [-0.39, 0.29) is 0 Å². The van der Waals surface area contributed by atoms with E-state index in [0.717, 1.165) is 16.4 Å². The van der Waals surface area contributed by atoms with Crippen LogP contribution in [0.15, 0.2) is 0 Å². The Morgan fingerprint density at radius 2 is 2.10 bits per heavy atom. The third kappa shape index (κ3) is 1.85. The van der Waals surface area contributed by atoms with Crippen LogP contribution in [-0.2, 0) is 0 Å². The molecule has 0 aromatic rings. The van der Waals surface area contributed by atoms with E-state index in [2.05, 4.69) is 45.2 Å². The van der Waals surface area contributed by atoms with Crippen molar-refractivity contribution in [1.29, 1.82) is 0 Å². The second-order valence-corrected chi connectivity index (χ2v) is 5.71. The molecule has 0 radical (unpaired) electrons. The quantitative estimate of drug-likeness (QED) is 0.599. The molecular formula is C8H16S2. The van der Waals surface area contributed by atoms with Gasteiger partial charge in [-0.25, -0.2) is 0 Å². The molecule has 0 aromatic heterocycles. The summed E-state index contributed by atoms with van der Waals surface area (Å²) in [6.07, 6.45) is 1.30. The van der Waals surface area contributed by atoms with Gasteiger partial charge in [0.25, 0.3) is 0 Å². The zero-order valence-corrected chi connectivity index (χ0v) is 8.58. The second-order valence-electron chi connectivity index (χ2n) is 3.43. The second kappa shape index (κ2) is 3.40. The highest BCUT2D eigenvalue weighted by Gasteiger charge is 2.30. The molecule has 0 bridgehead atoms. The molecule has 1 aliphatic rings. The van der Waals surface area contributed by atoms with E-state index in [4.69, 9.17) is 0 Å². The summed E-state index contributed by atoms with van der Waals surface area (Å²) in [5.41, 5.74) is 0. The fourth-order valence-electron chi connectivity index (χ4n) is 1.28. The predicted molar refractivity (Wildman–Crippen MR) is 53.1 cm³/mol. The van der Waals surface area contributed by atoms with E-state index >= 15 is 0 Å². The van der Waals surface area contributed by atoms with Crippen LogP contribution in [0.1, 0.15) is 27.2 Å². The largest absolute Gasteiger partial charge is 0.175 e. The fraction of sp³-hybridized carbons (Fsp3) is 1.00. The summed E-state index contributed by atoms with van der Waals surface area (Å²) in [5.74, 6) is 0.824. The van der Waals surface area contributed by atoms with Gasteiger partial charge in [0.05, 0.1) is 0 Å². The summed E-state index contributed by atoms with van der Waals surface area (Å²) in [4.78, 5) is 0. The van der Waals surface area contributed by atoms with E-state index in [1.54, 1.807) is 0 Å². The molecular weight excluding hydrogens is 160 g/mol. The van der Waals surface area contributed by atoms with Crippen LogP contribution in [-0.4, -0.2) is 15.7 Å². The molecule has 0 spiro atoms. The van der Waals surface area contributed by atoms with Gasteiger partial charge in [0.15, 0.2) is 0 Å². The molecule has 0 amide bonds. The minimum Gasteiger partial charge on any atom is -0.175 e. The van der Waals surface area contributed by atoms with Crippen molar-refractivity contribution in [3.63, 3.8) is 0 Å². The Kier molecular flexibility index (Phi) is 2.99. The van der Waals surface area contributed by atoms with Crippen LogP contribution in [0.4, 0.5) is 0 Å². The van der Waals surface area contributed by atoms with E-state index in [0.29, 0.717) is 5.25 Å². The molecule has 0 aliphatic carbocycles. The predicted octanol–water partition coefficient (Wildman–Crippen LogP) is 2.83. The summed E-state index contributed by atoms with van der Waals surface area (Å²) < 4.78 is 0. The number of thiol groups is 1. The lowest BCUT2D eigenvalue weighted by Crippen LogP contribution is -2.08. The van der Waals surface area contributed by atoms with Crippen molar-refractivity contribution in [2.24, 2.45) is 5.92 Å². The Labute approximate surface area is 73.6 Å². The monoisotopic (exact) mass is 176 g/mol. The van der Waals surface area contributed by atoms with Crippen molar-refractivity contribution in [2.45, 2.75) is 42.9 Å². The first-order chi connectivity index (χ1) is 4.61. The first-order valence-corrected chi connectivity index (χ1v) is 5.40. The lowest BCUT2D eigenvalue weighted by Gasteiger charge is -2.11. The third-order valence-electron chi connectivity index (χ3n) is 2.15. The van der Waals surface area contributed by atoms with E-state index < -0.39 is 0 Å². The zero-order chi connectivity index (χ0) is 7.72. The minimum absolute atomic E-state index is 0.636. The first-order valence-electron chi connectivity index (χ1n) is 3.94. The summed E-state index contributed by atoms with van der Waals surface area (Å²) in [5, 5.41) is 2.26. The van der Waals surface area contributed by atoms with Gasteiger partial charge in [0.1, 0.15) is 0 Å². The standard InChI is InChI=1S/C8H16S2/c1-5(2)8-4-7(9)6(3)10-8/h5-9H,4H2,1-3H3. The molecule has 1 fully saturated rings. The van der Waals surface area contributed by atoms with Crippen molar-refractivity contribution in [1.82, 2.24) is 0 Å². The van der Waals surface area contributed by atoms with Gasteiger partial charge in [-0.1, -0.05) is 20.8 Å². The maximum atomic E-state index is 4.52. The maximum Gasteiger partial charge on any atom is 0.0144 e. The molecule has 1 saturated heterocycles. The van der Waals surface area contributed by atoms with Gasteiger partial charge in [0.2, 0.25) is 0 Å². The Balaban J connectivity index is 2.41. The summed E-state index contributed by atoms with van der Waals surface area (Å²) in [7, 11) is 0. The van der Waals surface area contributed by atoms with Crippen LogP contribution in [0.5, 0.6) is 0 Å². The molecule has 3 atom stereocenters. The van der Waals surface area contributed by atoms with E-state index in [1.807, 2.05) is 0 Å². The smallest absolute Gasteiger partial charge is 0.0144 e. The van der Waals surface area contributed by atoms with Crippen LogP contribution >= 0.6 is 24.4 Å². The van der Waals surface area contributed by atoms with Crippen molar-refractivity contribution in [3.05, 3.63) is 0 Å². The number of thioether (sulfide) groups is 1. The average molecular weight is 176 g/mol. The minimum atomic E-state index is 0.636. The maximum absolute atomic E-state index is 4.52. The molecule has 3 unspecified atom stereocenters. The van der Waals surface area contributed by atoms with Gasteiger partial charge in [-0.05, 0) is 12.3 Å². The van der Waals surface area contributed by atoms with Gasteiger partial charge in [0, 0.05) is 15.7 Å². The molecule has 0 aromatic carbocycles. The normalized spacial score (nSPS) is 41.1. The van der Waals surface area contributed by atoms with Crippen LogP contribution in [0.3, 0.4) is 0 Å².